The van der Waals surface area contributed by atoms with Crippen molar-refractivity contribution in [1.29, 1.82) is 0 Å². The minimum Gasteiger partial charge on any atom is -0.480 e. The third-order valence-corrected chi connectivity index (χ3v) is 3.25. The van der Waals surface area contributed by atoms with E-state index in [2.05, 4.69) is 0 Å². The molecule has 110 valence electrons. The number of methoxy groups -OCH3 is 1. The van der Waals surface area contributed by atoms with Crippen molar-refractivity contribution < 1.29 is 24.2 Å². The second-order valence-electron chi connectivity index (χ2n) is 4.55. The highest BCUT2D eigenvalue weighted by Crippen LogP contribution is 2.32. The molecule has 0 aromatic heterocycles. The molecule has 20 heavy (non-hydrogen) atoms. The van der Waals surface area contributed by atoms with Gasteiger partial charge in [-0.1, -0.05) is 30.3 Å². The lowest BCUT2D eigenvalue weighted by atomic mass is 9.76. The Morgan fingerprint density at radius 2 is 1.90 bits per heavy atom. The lowest BCUT2D eigenvalue weighted by Crippen LogP contribution is -2.47. The third-order valence-electron chi connectivity index (χ3n) is 3.25. The molecule has 0 saturated heterocycles. The van der Waals surface area contributed by atoms with Gasteiger partial charge in [-0.3, -0.25) is 9.59 Å². The summed E-state index contributed by atoms with van der Waals surface area (Å²) in [5, 5.41) is 9.66. The fourth-order valence-electron chi connectivity index (χ4n) is 2.11. The van der Waals surface area contributed by atoms with Gasteiger partial charge in [0.05, 0.1) is 12.7 Å². The number of carbonyl (C=O) groups excluding carboxylic acids is 1. The highest BCUT2D eigenvalue weighted by Gasteiger charge is 2.50. The Labute approximate surface area is 118 Å². The Kier molecular flexibility index (Phi) is 5.70. The van der Waals surface area contributed by atoms with Crippen LogP contribution in [0, 0.1) is 0 Å². The van der Waals surface area contributed by atoms with Gasteiger partial charge in [0.15, 0.2) is 5.41 Å². The Bertz CT molecular complexity index is 457. The van der Waals surface area contributed by atoms with Crippen molar-refractivity contribution >= 4 is 11.9 Å². The van der Waals surface area contributed by atoms with E-state index in [0.29, 0.717) is 5.56 Å². The van der Waals surface area contributed by atoms with Crippen LogP contribution in [0.1, 0.15) is 25.8 Å². The van der Waals surface area contributed by atoms with E-state index in [0.717, 1.165) is 0 Å². The molecule has 1 aromatic carbocycles. The predicted octanol–water partition coefficient (Wildman–Crippen LogP) is 2.00. The van der Waals surface area contributed by atoms with Crippen LogP contribution >= 0.6 is 0 Å². The number of hydrogen-bond donors (Lipinski definition) is 1. The van der Waals surface area contributed by atoms with Gasteiger partial charge in [-0.15, -0.1) is 0 Å². The fraction of sp³-hybridized carbons (Fsp3) is 0.467. The molecular formula is C15H20O5. The summed E-state index contributed by atoms with van der Waals surface area (Å²) >= 11 is 0. The predicted molar refractivity (Wildman–Crippen MR) is 73.5 cm³/mol. The largest absolute Gasteiger partial charge is 0.480 e. The molecule has 0 saturated carbocycles. The van der Waals surface area contributed by atoms with Gasteiger partial charge in [0.2, 0.25) is 0 Å². The standard InChI is InChI=1S/C15H20O5/c1-4-20-14(18)15(13(16)17,10-11(2)19-3)12-8-6-5-7-9-12/h5-9,11H,4,10H2,1-3H3,(H,16,17). The summed E-state index contributed by atoms with van der Waals surface area (Å²) < 4.78 is 10.1. The summed E-state index contributed by atoms with van der Waals surface area (Å²) in [6, 6.07) is 8.40. The van der Waals surface area contributed by atoms with Crippen molar-refractivity contribution in [2.75, 3.05) is 13.7 Å². The summed E-state index contributed by atoms with van der Waals surface area (Å²) in [4.78, 5) is 24.1. The van der Waals surface area contributed by atoms with E-state index in [-0.39, 0.29) is 13.0 Å². The monoisotopic (exact) mass is 280 g/mol. The van der Waals surface area contributed by atoms with Crippen LogP contribution in [-0.4, -0.2) is 36.9 Å². The van der Waals surface area contributed by atoms with Crippen molar-refractivity contribution in [2.24, 2.45) is 0 Å². The Morgan fingerprint density at radius 3 is 2.35 bits per heavy atom. The van der Waals surface area contributed by atoms with Crippen LogP contribution in [0.25, 0.3) is 0 Å². The average molecular weight is 280 g/mol. The molecule has 0 bridgehead atoms. The lowest BCUT2D eigenvalue weighted by molar-refractivity contribution is -0.163. The first-order valence-corrected chi connectivity index (χ1v) is 6.48. The molecule has 0 heterocycles. The minimum atomic E-state index is -1.74. The van der Waals surface area contributed by atoms with Crippen molar-refractivity contribution in [3.63, 3.8) is 0 Å². The van der Waals surface area contributed by atoms with Crippen LogP contribution in [-0.2, 0) is 24.5 Å². The number of aliphatic carboxylic acids is 1. The zero-order valence-electron chi connectivity index (χ0n) is 12.0. The van der Waals surface area contributed by atoms with Gasteiger partial charge >= 0.3 is 11.9 Å². The van der Waals surface area contributed by atoms with E-state index < -0.39 is 23.5 Å². The maximum Gasteiger partial charge on any atom is 0.328 e. The number of carboxylic acid groups (broad SMARTS) is 1. The van der Waals surface area contributed by atoms with Crippen LogP contribution in [0.2, 0.25) is 0 Å². The van der Waals surface area contributed by atoms with E-state index in [1.54, 1.807) is 44.2 Å². The van der Waals surface area contributed by atoms with Crippen molar-refractivity contribution in [1.82, 2.24) is 0 Å². The first kappa shape index (κ1) is 16.2. The third kappa shape index (κ3) is 3.17. The first-order valence-electron chi connectivity index (χ1n) is 6.48. The summed E-state index contributed by atoms with van der Waals surface area (Å²) in [5.74, 6) is -1.99. The van der Waals surface area contributed by atoms with Gasteiger partial charge in [0.1, 0.15) is 0 Å². The number of esters is 1. The molecule has 1 N–H and O–H groups in total. The molecule has 0 radical (unpaired) electrons. The Balaban J connectivity index is 3.34. The number of rotatable bonds is 7. The molecule has 0 aliphatic carbocycles. The van der Waals surface area contributed by atoms with Crippen LogP contribution in [0.15, 0.2) is 30.3 Å². The van der Waals surface area contributed by atoms with Crippen molar-refractivity contribution in [3.8, 4) is 0 Å². The van der Waals surface area contributed by atoms with Crippen molar-refractivity contribution in [2.45, 2.75) is 31.8 Å². The van der Waals surface area contributed by atoms with Crippen molar-refractivity contribution in [3.05, 3.63) is 35.9 Å². The second-order valence-corrected chi connectivity index (χ2v) is 4.55. The average Bonchev–Trinajstić information content (AvgIpc) is 2.45. The van der Waals surface area contributed by atoms with Gasteiger partial charge in [-0.25, -0.2) is 0 Å². The topological polar surface area (TPSA) is 72.8 Å². The summed E-state index contributed by atoms with van der Waals surface area (Å²) in [6.07, 6.45) is -0.377. The maximum atomic E-state index is 12.3. The number of benzene rings is 1. The molecule has 2 unspecified atom stereocenters. The molecule has 1 aromatic rings. The zero-order chi connectivity index (χ0) is 15.2. The molecule has 0 spiro atoms. The lowest BCUT2D eigenvalue weighted by Gasteiger charge is -2.29. The van der Waals surface area contributed by atoms with Gasteiger partial charge in [0.25, 0.3) is 0 Å². The van der Waals surface area contributed by atoms with E-state index >= 15 is 0 Å². The molecule has 0 amide bonds. The zero-order valence-corrected chi connectivity index (χ0v) is 12.0. The number of carboxylic acids is 1. The smallest absolute Gasteiger partial charge is 0.328 e. The summed E-state index contributed by atoms with van der Waals surface area (Å²) in [7, 11) is 1.48. The highest BCUT2D eigenvalue weighted by molar-refractivity contribution is 6.05. The number of ether oxygens (including phenoxy) is 2. The highest BCUT2D eigenvalue weighted by atomic mass is 16.5. The second kappa shape index (κ2) is 7.05. The normalized spacial score (nSPS) is 15.2. The Hall–Kier alpha value is -1.88. The van der Waals surface area contributed by atoms with E-state index in [1.807, 2.05) is 0 Å². The van der Waals surface area contributed by atoms with E-state index in [4.69, 9.17) is 9.47 Å². The molecule has 0 aliphatic rings. The first-order chi connectivity index (χ1) is 9.48. The van der Waals surface area contributed by atoms with Crippen LogP contribution in [0.5, 0.6) is 0 Å². The van der Waals surface area contributed by atoms with E-state index in [9.17, 15) is 14.7 Å². The van der Waals surface area contributed by atoms with Crippen LogP contribution < -0.4 is 0 Å². The molecular weight excluding hydrogens is 260 g/mol. The van der Waals surface area contributed by atoms with Gasteiger partial charge in [-0.2, -0.15) is 0 Å². The fourth-order valence-corrected chi connectivity index (χ4v) is 2.11. The SMILES string of the molecule is CCOC(=O)C(CC(C)OC)(C(=O)O)c1ccccc1. The number of hydrogen-bond acceptors (Lipinski definition) is 4. The minimum absolute atomic E-state index is 0.0156. The number of carbonyl (C=O) groups is 2. The molecule has 2 atom stereocenters. The maximum absolute atomic E-state index is 12.3. The Morgan fingerprint density at radius 1 is 1.30 bits per heavy atom. The summed E-state index contributed by atoms with van der Waals surface area (Å²) in [6.45, 7) is 3.50. The van der Waals surface area contributed by atoms with Gasteiger partial charge in [0, 0.05) is 13.5 Å². The van der Waals surface area contributed by atoms with Crippen LogP contribution in [0.3, 0.4) is 0 Å². The van der Waals surface area contributed by atoms with E-state index in [1.165, 1.54) is 7.11 Å². The molecule has 5 nitrogen and oxygen atoms in total. The molecule has 5 heteroatoms. The quantitative estimate of drug-likeness (QED) is 0.611. The van der Waals surface area contributed by atoms with Gasteiger partial charge < -0.3 is 14.6 Å². The van der Waals surface area contributed by atoms with Gasteiger partial charge in [-0.05, 0) is 19.4 Å². The molecule has 0 aliphatic heterocycles. The summed E-state index contributed by atoms with van der Waals surface area (Å²) in [5.41, 5.74) is -1.35. The molecule has 0 fully saturated rings. The van der Waals surface area contributed by atoms with Crippen LogP contribution in [0.4, 0.5) is 0 Å². The molecule has 1 rings (SSSR count).